The number of nitrogens with one attached hydrogen (secondary N) is 7. The molecule has 8 rings (SSSR count). The zero-order valence-corrected chi connectivity index (χ0v) is 75.6. The van der Waals surface area contributed by atoms with Gasteiger partial charge in [0.25, 0.3) is 5.97 Å². The molecule has 0 saturated carbocycles. The van der Waals surface area contributed by atoms with Crippen LogP contribution in [0.25, 0.3) is 0 Å². The number of aliphatic carboxylic acids is 1. The number of esters is 6. The Kier molecular flexibility index (Phi) is 61.7. The lowest BCUT2D eigenvalue weighted by atomic mass is 10.2. The zero-order valence-electron chi connectivity index (χ0n) is 74.1. The highest BCUT2D eigenvalue weighted by Crippen LogP contribution is 2.13. The van der Waals surface area contributed by atoms with Crippen LogP contribution in [0.4, 0.5) is 0 Å². The van der Waals surface area contributed by atoms with E-state index in [1.165, 1.54) is 81.0 Å². The molecular formula is C88H124BrN17O19. The molecular weight excluding hydrogens is 1680 g/mol. The minimum absolute atomic E-state index is 0.0408. The smallest absolute Gasteiger partial charge is 0.356 e. The number of amides is 1. The van der Waals surface area contributed by atoms with Gasteiger partial charge in [0, 0.05) is 111 Å². The second-order valence-electron chi connectivity index (χ2n) is 26.3. The molecule has 0 saturated heterocycles. The lowest BCUT2D eigenvalue weighted by molar-refractivity contribution is -0.134. The molecule has 0 aromatic carbocycles. The molecule has 0 aliphatic carbocycles. The molecule has 8 aromatic rings. The number of pyridine rings is 8. The first-order valence-electron chi connectivity index (χ1n) is 40.5. The van der Waals surface area contributed by atoms with Gasteiger partial charge in [0.2, 0.25) is 5.91 Å². The van der Waals surface area contributed by atoms with Gasteiger partial charge in [-0.2, -0.15) is 0 Å². The number of ether oxygens (including phenoxy) is 6. The standard InChI is InChI=1S/C21H28N4O4.2C18H22N4O4.C17H20N4O4.C5H11NO.C4H10.C3H7Br.C2H4O2/c1-3-11-24(13-16-7-5-9-18(22-16)20(26)27)15-25(12-4-2)14-17-8-6-10-19(23-17)21(28)29;2*1-25-17(23)15-7-3-5-13(21-15)11-19-9-10-20-12-14-6-4-8-16(22-14)18(24)26-2;1-24-16(22)14-7-3-5-12(20-14)9-18-11-19-10-13-6-4-8-15(21-13)17(23)25-2;1-3-4-6-5(2)7;1-3-4-2;1-2-3-4;1-2(3)4/h5-10H,3-4,11-15H2,1-2H3,(H,26,27)(H,28,29);2*3-8,19-20H,9-12H2,1-2H3;3-8,18-19H,9-11H2,1-2H3;3-4H2,1-2H3,(H,6,7);3-4H2,1-2H3;2-3H2,1H3;1H3,(H,3,4). The van der Waals surface area contributed by atoms with E-state index in [1.807, 2.05) is 55.5 Å². The molecule has 0 fully saturated rings. The number of hydrogen-bond acceptors (Lipinski definition) is 32. The van der Waals surface area contributed by atoms with Crippen LogP contribution in [-0.4, -0.2) is 232 Å². The fourth-order valence-electron chi connectivity index (χ4n) is 9.91. The van der Waals surface area contributed by atoms with Gasteiger partial charge in [-0.3, -0.25) is 30.0 Å². The normalized spacial score (nSPS) is 10.1. The molecule has 36 nitrogen and oxygen atoms in total. The number of aromatic carboxylic acids is 2. The van der Waals surface area contributed by atoms with Crippen LogP contribution in [0.1, 0.15) is 223 Å². The Balaban J connectivity index is 0.000000777. The quantitative estimate of drug-likeness (QED) is 0.00559. The van der Waals surface area contributed by atoms with Crippen LogP contribution < -0.4 is 37.2 Å². The first kappa shape index (κ1) is 111. The van der Waals surface area contributed by atoms with Crippen LogP contribution in [0.15, 0.2) is 146 Å². The predicted molar refractivity (Wildman–Crippen MR) is 474 cm³/mol. The summed E-state index contributed by atoms with van der Waals surface area (Å²) in [4.78, 5) is 148. The van der Waals surface area contributed by atoms with Gasteiger partial charge < -0.3 is 70.3 Å². The van der Waals surface area contributed by atoms with Crippen LogP contribution in [-0.2, 0) is 90.4 Å². The number of carbonyl (C=O) groups excluding carboxylic acids is 7. The molecule has 0 spiro atoms. The Morgan fingerprint density at radius 1 is 0.312 bits per heavy atom. The summed E-state index contributed by atoms with van der Waals surface area (Å²) in [7, 11) is 7.96. The lowest BCUT2D eigenvalue weighted by Crippen LogP contribution is -2.38. The van der Waals surface area contributed by atoms with Crippen molar-refractivity contribution in [2.45, 2.75) is 146 Å². The van der Waals surface area contributed by atoms with Crippen LogP contribution in [0.2, 0.25) is 0 Å². The number of methoxy groups -OCH3 is 6. The number of aromatic nitrogens is 8. The average Bonchev–Trinajstić information content (AvgIpc) is 0.859. The van der Waals surface area contributed by atoms with E-state index in [4.69, 9.17) is 20.1 Å². The maximum Gasteiger partial charge on any atom is 0.356 e. The monoisotopic (exact) mass is 1800 g/mol. The second kappa shape index (κ2) is 69.5. The summed E-state index contributed by atoms with van der Waals surface area (Å²) in [5.74, 6) is -5.57. The topological polar surface area (TPSA) is 481 Å². The van der Waals surface area contributed by atoms with Crippen molar-refractivity contribution in [2.75, 3.05) is 107 Å². The molecule has 0 bridgehead atoms. The van der Waals surface area contributed by atoms with Crippen molar-refractivity contribution >= 4 is 75.6 Å². The van der Waals surface area contributed by atoms with Crippen molar-refractivity contribution in [3.8, 4) is 0 Å². The van der Waals surface area contributed by atoms with Crippen molar-refractivity contribution in [3.05, 3.63) is 237 Å². The van der Waals surface area contributed by atoms with E-state index in [9.17, 15) is 43.2 Å². The van der Waals surface area contributed by atoms with Gasteiger partial charge in [-0.1, -0.05) is 119 Å². The number of alkyl halides is 1. The summed E-state index contributed by atoms with van der Waals surface area (Å²) < 4.78 is 27.9. The molecule has 8 heterocycles. The lowest BCUT2D eigenvalue weighted by Gasteiger charge is -2.30. The molecule has 1 amide bonds. The number of carbonyl (C=O) groups is 10. The Bertz CT molecular complexity index is 4080. The first-order chi connectivity index (χ1) is 60.2. The zero-order chi connectivity index (χ0) is 93.0. The Morgan fingerprint density at radius 3 is 0.712 bits per heavy atom. The third-order valence-corrected chi connectivity index (χ3v) is 16.7. The van der Waals surface area contributed by atoms with Crippen molar-refractivity contribution in [1.29, 1.82) is 0 Å². The first-order valence-corrected chi connectivity index (χ1v) is 41.6. The van der Waals surface area contributed by atoms with Crippen LogP contribution in [0.3, 0.4) is 0 Å². The Hall–Kier alpha value is -11.9. The van der Waals surface area contributed by atoms with Gasteiger partial charge >= 0.3 is 47.8 Å². The summed E-state index contributed by atoms with van der Waals surface area (Å²) in [6, 6.07) is 41.3. The van der Waals surface area contributed by atoms with Gasteiger partial charge in [0.15, 0.2) is 0 Å². The number of carboxylic acid groups (broad SMARTS) is 3. The fraction of sp³-hybridized carbons (Fsp3) is 0.432. The van der Waals surface area contributed by atoms with Crippen molar-refractivity contribution < 1.29 is 91.7 Å². The van der Waals surface area contributed by atoms with E-state index in [0.29, 0.717) is 126 Å². The van der Waals surface area contributed by atoms with E-state index in [0.717, 1.165) is 85.3 Å². The number of rotatable bonds is 42. The molecule has 0 aliphatic rings. The number of carboxylic acids is 3. The SMILES string of the molecule is CC(=O)O.CCCBr.CCCC.CCCN(Cc1cccc(C(=O)O)n1)CN(CCC)Cc1cccc(C(=O)O)n1.CCCNC(C)=O.COC(=O)c1cccc(CNCCNCc2cccc(C(=O)OC)n2)n1.COC(=O)c1cccc(CNCCNCc2cccc(C(=O)OC)n2)n1.COC(=O)c1cccc(CNCNCc2cccc(C(=O)OC)n2)n1. The maximum atomic E-state index is 11.5. The van der Waals surface area contributed by atoms with Crippen LogP contribution in [0.5, 0.6) is 0 Å². The highest BCUT2D eigenvalue weighted by molar-refractivity contribution is 9.09. The number of hydrogen-bond donors (Lipinski definition) is 10. The third-order valence-electron chi connectivity index (χ3n) is 15.9. The molecule has 8 aromatic heterocycles. The van der Waals surface area contributed by atoms with Gasteiger partial charge in [-0.15, -0.1) is 0 Å². The van der Waals surface area contributed by atoms with Gasteiger partial charge in [0.1, 0.15) is 45.6 Å². The highest BCUT2D eigenvalue weighted by Gasteiger charge is 2.18. The van der Waals surface area contributed by atoms with Gasteiger partial charge in [-0.05, 0) is 136 Å². The van der Waals surface area contributed by atoms with Crippen molar-refractivity contribution in [1.82, 2.24) is 86.9 Å². The average molecular weight is 1800 g/mol. The maximum absolute atomic E-state index is 11.5. The number of nitrogens with zero attached hydrogens (tertiary/aromatic N) is 10. The number of unbranched alkanes of at least 4 members (excludes halogenated alkanes) is 1. The molecule has 0 aliphatic heterocycles. The molecule has 0 radical (unpaired) electrons. The minimum atomic E-state index is -1.04. The fourth-order valence-corrected chi connectivity index (χ4v) is 9.91. The predicted octanol–water partition coefficient (Wildman–Crippen LogP) is 9.92. The van der Waals surface area contributed by atoms with E-state index in [2.05, 4.69) is 166 Å². The highest BCUT2D eigenvalue weighted by atomic mass is 79.9. The Labute approximate surface area is 740 Å². The van der Waals surface area contributed by atoms with Crippen LogP contribution in [0, 0.1) is 0 Å². The van der Waals surface area contributed by atoms with E-state index < -0.39 is 53.7 Å². The molecule has 125 heavy (non-hydrogen) atoms. The molecule has 682 valence electrons. The third kappa shape index (κ3) is 51.7. The molecule has 37 heteroatoms. The minimum Gasteiger partial charge on any atom is -0.481 e. The summed E-state index contributed by atoms with van der Waals surface area (Å²) in [6.07, 6.45) is 6.79. The molecule has 0 unspecified atom stereocenters. The molecule has 10 N–H and O–H groups in total. The van der Waals surface area contributed by atoms with Gasteiger partial charge in [0.05, 0.1) is 94.9 Å². The van der Waals surface area contributed by atoms with Gasteiger partial charge in [-0.25, -0.2) is 78.2 Å². The largest absolute Gasteiger partial charge is 0.481 e. The summed E-state index contributed by atoms with van der Waals surface area (Å²) in [5.41, 5.74) is 7.75. The van der Waals surface area contributed by atoms with E-state index in [-0.39, 0.29) is 28.7 Å². The van der Waals surface area contributed by atoms with E-state index in [1.54, 1.807) is 84.9 Å². The summed E-state index contributed by atoms with van der Waals surface area (Å²) in [6.45, 7) is 26.0. The van der Waals surface area contributed by atoms with Crippen molar-refractivity contribution in [3.63, 3.8) is 0 Å². The summed E-state index contributed by atoms with van der Waals surface area (Å²) >= 11 is 3.25. The van der Waals surface area contributed by atoms with Crippen LogP contribution >= 0.6 is 15.9 Å². The second-order valence-corrected chi connectivity index (χ2v) is 27.1. The van der Waals surface area contributed by atoms with Crippen molar-refractivity contribution in [2.24, 2.45) is 0 Å². The number of halogens is 1. The van der Waals surface area contributed by atoms with E-state index >= 15 is 0 Å². The summed E-state index contributed by atoms with van der Waals surface area (Å²) in [5, 5.41) is 48.8. The molecule has 0 atom stereocenters. The Morgan fingerprint density at radius 2 is 0.528 bits per heavy atom.